The highest BCUT2D eigenvalue weighted by molar-refractivity contribution is 5.78. The van der Waals surface area contributed by atoms with Crippen molar-refractivity contribution in [3.05, 3.63) is 23.8 Å². The summed E-state index contributed by atoms with van der Waals surface area (Å²) in [5.74, 6) is 1.24. The summed E-state index contributed by atoms with van der Waals surface area (Å²) < 4.78 is 15.6. The van der Waals surface area contributed by atoms with Crippen LogP contribution in [0.4, 0.5) is 0 Å². The third kappa shape index (κ3) is 3.85. The van der Waals surface area contributed by atoms with Crippen molar-refractivity contribution in [3.8, 4) is 11.5 Å². The molecule has 1 aromatic rings. The normalized spacial score (nSPS) is 15.7. The Hall–Kier alpha value is -1.79. The van der Waals surface area contributed by atoms with Crippen LogP contribution in [0.3, 0.4) is 0 Å². The Kier molecular flexibility index (Phi) is 5.20. The van der Waals surface area contributed by atoms with E-state index in [9.17, 15) is 4.79 Å². The molecule has 1 fully saturated rings. The van der Waals surface area contributed by atoms with Crippen molar-refractivity contribution in [1.29, 1.82) is 0 Å². The van der Waals surface area contributed by atoms with E-state index in [4.69, 9.17) is 14.2 Å². The lowest BCUT2D eigenvalue weighted by Crippen LogP contribution is -2.48. The third-order valence-corrected chi connectivity index (χ3v) is 3.11. The van der Waals surface area contributed by atoms with E-state index < -0.39 is 0 Å². The quantitative estimate of drug-likeness (QED) is 0.856. The fourth-order valence-electron chi connectivity index (χ4n) is 2.07. The Morgan fingerprint density at radius 1 is 1.25 bits per heavy atom. The number of nitrogens with zero attached hydrogens (tertiary/aromatic N) is 1. The van der Waals surface area contributed by atoms with Gasteiger partial charge in [0.1, 0.15) is 0 Å². The molecule has 6 nitrogen and oxygen atoms in total. The van der Waals surface area contributed by atoms with E-state index in [-0.39, 0.29) is 5.91 Å². The molecular weight excluding hydrogens is 260 g/mol. The van der Waals surface area contributed by atoms with Gasteiger partial charge >= 0.3 is 0 Å². The number of amides is 1. The van der Waals surface area contributed by atoms with Gasteiger partial charge in [-0.1, -0.05) is 6.07 Å². The number of hydrogen-bond donors (Lipinski definition) is 1. The van der Waals surface area contributed by atoms with E-state index in [0.717, 1.165) is 18.7 Å². The van der Waals surface area contributed by atoms with E-state index in [1.807, 2.05) is 17.1 Å². The maximum absolute atomic E-state index is 12.0. The number of benzene rings is 1. The molecule has 6 heteroatoms. The van der Waals surface area contributed by atoms with E-state index >= 15 is 0 Å². The van der Waals surface area contributed by atoms with E-state index in [1.54, 1.807) is 20.3 Å². The Bertz CT molecular complexity index is 458. The monoisotopic (exact) mass is 280 g/mol. The number of ether oxygens (including phenoxy) is 3. The van der Waals surface area contributed by atoms with Gasteiger partial charge in [-0.15, -0.1) is 0 Å². The Balaban J connectivity index is 1.93. The summed E-state index contributed by atoms with van der Waals surface area (Å²) in [5, 5.41) is 1.88. The third-order valence-electron chi connectivity index (χ3n) is 3.11. The molecule has 110 valence electrons. The van der Waals surface area contributed by atoms with Crippen LogP contribution in [0.5, 0.6) is 11.5 Å². The molecule has 0 bridgehead atoms. The van der Waals surface area contributed by atoms with Crippen molar-refractivity contribution in [2.45, 2.75) is 6.42 Å². The zero-order valence-corrected chi connectivity index (χ0v) is 11.8. The Morgan fingerprint density at radius 3 is 2.60 bits per heavy atom. The van der Waals surface area contributed by atoms with Crippen LogP contribution in [-0.2, 0) is 16.0 Å². The summed E-state index contributed by atoms with van der Waals surface area (Å²) >= 11 is 0. The van der Waals surface area contributed by atoms with E-state index in [2.05, 4.69) is 5.43 Å². The molecule has 1 heterocycles. The number of carbonyl (C=O) groups is 1. The predicted molar refractivity (Wildman–Crippen MR) is 73.8 cm³/mol. The summed E-state index contributed by atoms with van der Waals surface area (Å²) in [5.41, 5.74) is 3.76. The first-order valence-electron chi connectivity index (χ1n) is 6.56. The lowest BCUT2D eigenvalue weighted by atomic mass is 10.1. The molecule has 1 aromatic carbocycles. The molecule has 0 spiro atoms. The molecular formula is C14H20N2O4. The van der Waals surface area contributed by atoms with Crippen LogP contribution in [0.25, 0.3) is 0 Å². The number of carbonyl (C=O) groups excluding carboxylic acids is 1. The molecule has 1 amide bonds. The fraction of sp³-hybridized carbons (Fsp3) is 0.500. The van der Waals surface area contributed by atoms with E-state index in [0.29, 0.717) is 31.1 Å². The zero-order valence-electron chi connectivity index (χ0n) is 11.8. The van der Waals surface area contributed by atoms with Gasteiger partial charge in [-0.3, -0.25) is 10.2 Å². The van der Waals surface area contributed by atoms with Gasteiger partial charge in [0.2, 0.25) is 5.91 Å². The van der Waals surface area contributed by atoms with Gasteiger partial charge in [-0.05, 0) is 17.7 Å². The van der Waals surface area contributed by atoms with Gasteiger partial charge < -0.3 is 14.2 Å². The average molecular weight is 280 g/mol. The molecule has 0 unspecified atom stereocenters. The summed E-state index contributed by atoms with van der Waals surface area (Å²) in [7, 11) is 3.16. The fourth-order valence-corrected chi connectivity index (χ4v) is 2.07. The highest BCUT2D eigenvalue weighted by Crippen LogP contribution is 2.27. The second-order valence-electron chi connectivity index (χ2n) is 4.50. The minimum absolute atomic E-state index is 0.0425. The van der Waals surface area contributed by atoms with Crippen LogP contribution >= 0.6 is 0 Å². The maximum Gasteiger partial charge on any atom is 0.238 e. The van der Waals surface area contributed by atoms with Crippen LogP contribution < -0.4 is 14.9 Å². The summed E-state index contributed by atoms with van der Waals surface area (Å²) in [4.78, 5) is 12.0. The molecule has 1 aliphatic rings. The minimum atomic E-state index is -0.0425. The molecule has 1 saturated heterocycles. The van der Waals surface area contributed by atoms with Crippen molar-refractivity contribution >= 4 is 5.91 Å². The number of nitrogens with one attached hydrogen (secondary N) is 1. The number of hydrazine groups is 1. The molecule has 0 radical (unpaired) electrons. The number of hydrogen-bond acceptors (Lipinski definition) is 5. The number of methoxy groups -OCH3 is 2. The molecule has 20 heavy (non-hydrogen) atoms. The molecule has 1 N–H and O–H groups in total. The lowest BCUT2D eigenvalue weighted by molar-refractivity contribution is -0.127. The topological polar surface area (TPSA) is 60.0 Å². The van der Waals surface area contributed by atoms with E-state index in [1.165, 1.54) is 0 Å². The zero-order chi connectivity index (χ0) is 14.4. The molecule has 0 atom stereocenters. The van der Waals surface area contributed by atoms with Crippen molar-refractivity contribution < 1.29 is 19.0 Å². The standard InChI is InChI=1S/C14H20N2O4/c1-18-12-4-3-11(9-13(12)19-2)10-14(17)15-16-5-7-20-8-6-16/h3-4,9H,5-8,10H2,1-2H3,(H,15,17). The first kappa shape index (κ1) is 14.6. The average Bonchev–Trinajstić information content (AvgIpc) is 2.48. The van der Waals surface area contributed by atoms with Crippen LogP contribution in [0.2, 0.25) is 0 Å². The van der Waals surface area contributed by atoms with Gasteiger partial charge in [0, 0.05) is 13.1 Å². The highest BCUT2D eigenvalue weighted by Gasteiger charge is 2.14. The second kappa shape index (κ2) is 7.12. The Morgan fingerprint density at radius 2 is 1.95 bits per heavy atom. The summed E-state index contributed by atoms with van der Waals surface area (Å²) in [6, 6.07) is 5.48. The van der Waals surface area contributed by atoms with Gasteiger partial charge in [0.05, 0.1) is 33.9 Å². The van der Waals surface area contributed by atoms with Crippen LogP contribution in [0.1, 0.15) is 5.56 Å². The van der Waals surface area contributed by atoms with Gasteiger partial charge in [-0.25, -0.2) is 5.01 Å². The van der Waals surface area contributed by atoms with Crippen molar-refractivity contribution in [3.63, 3.8) is 0 Å². The maximum atomic E-state index is 12.0. The SMILES string of the molecule is COc1ccc(CC(=O)NN2CCOCC2)cc1OC. The molecule has 0 aliphatic carbocycles. The highest BCUT2D eigenvalue weighted by atomic mass is 16.5. The van der Waals surface area contributed by atoms with Crippen LogP contribution in [-0.4, -0.2) is 51.4 Å². The first-order valence-corrected chi connectivity index (χ1v) is 6.56. The van der Waals surface area contributed by atoms with Gasteiger partial charge in [0.15, 0.2) is 11.5 Å². The second-order valence-corrected chi connectivity index (χ2v) is 4.50. The Labute approximate surface area is 118 Å². The molecule has 2 rings (SSSR count). The summed E-state index contributed by atoms with van der Waals surface area (Å²) in [6.45, 7) is 2.74. The first-order chi connectivity index (χ1) is 9.72. The van der Waals surface area contributed by atoms with Crippen molar-refractivity contribution in [2.24, 2.45) is 0 Å². The lowest BCUT2D eigenvalue weighted by Gasteiger charge is -2.26. The smallest absolute Gasteiger partial charge is 0.238 e. The minimum Gasteiger partial charge on any atom is -0.493 e. The molecule has 1 aliphatic heterocycles. The number of rotatable bonds is 5. The molecule has 0 saturated carbocycles. The van der Waals surface area contributed by atoms with Gasteiger partial charge in [-0.2, -0.15) is 0 Å². The molecule has 0 aromatic heterocycles. The van der Waals surface area contributed by atoms with Crippen molar-refractivity contribution in [2.75, 3.05) is 40.5 Å². The number of morpholine rings is 1. The van der Waals surface area contributed by atoms with Crippen LogP contribution in [0.15, 0.2) is 18.2 Å². The van der Waals surface area contributed by atoms with Crippen LogP contribution in [0, 0.1) is 0 Å². The van der Waals surface area contributed by atoms with Gasteiger partial charge in [0.25, 0.3) is 0 Å². The van der Waals surface area contributed by atoms with Crippen molar-refractivity contribution in [1.82, 2.24) is 10.4 Å². The summed E-state index contributed by atoms with van der Waals surface area (Å²) in [6.07, 6.45) is 0.303. The largest absolute Gasteiger partial charge is 0.493 e. The predicted octanol–water partition coefficient (Wildman–Crippen LogP) is 0.610.